The summed E-state index contributed by atoms with van der Waals surface area (Å²) in [7, 11) is 0. The number of nitrogens with zero attached hydrogens (tertiary/aromatic N) is 1. The van der Waals surface area contributed by atoms with E-state index in [1.165, 1.54) is 0 Å². The van der Waals surface area contributed by atoms with Gasteiger partial charge < -0.3 is 14.6 Å². The van der Waals surface area contributed by atoms with Crippen molar-refractivity contribution in [1.29, 1.82) is 0 Å². The van der Waals surface area contributed by atoms with Crippen LogP contribution in [-0.2, 0) is 6.54 Å². The molecule has 0 aliphatic carbocycles. The monoisotopic (exact) mass is 194 g/mol. The molecule has 1 unspecified atom stereocenters. The molecular formula is C10H14N2O2. The Morgan fingerprint density at radius 2 is 2.64 bits per heavy atom. The van der Waals surface area contributed by atoms with Crippen molar-refractivity contribution < 1.29 is 9.26 Å². The molecule has 2 rings (SSSR count). The molecule has 1 aromatic heterocycles. The number of ether oxygens (including phenoxy) is 1. The zero-order valence-electron chi connectivity index (χ0n) is 8.25. The highest BCUT2D eigenvalue weighted by Crippen LogP contribution is 2.30. The Balaban J connectivity index is 2.22. The molecule has 0 saturated carbocycles. The fourth-order valence-corrected chi connectivity index (χ4v) is 1.61. The average molecular weight is 194 g/mol. The van der Waals surface area contributed by atoms with Crippen molar-refractivity contribution in [3.63, 3.8) is 0 Å². The molecule has 1 N–H and O–H groups in total. The molecule has 76 valence electrons. The van der Waals surface area contributed by atoms with Gasteiger partial charge in [-0.25, -0.2) is 0 Å². The predicted molar refractivity (Wildman–Crippen MR) is 52.3 cm³/mol. The van der Waals surface area contributed by atoms with Gasteiger partial charge in [-0.1, -0.05) is 19.6 Å². The Hall–Kier alpha value is -1.29. The van der Waals surface area contributed by atoms with E-state index in [1.807, 2.05) is 0 Å². The first-order chi connectivity index (χ1) is 6.83. The van der Waals surface area contributed by atoms with Crippen LogP contribution in [-0.4, -0.2) is 18.3 Å². The Kier molecular flexibility index (Phi) is 2.54. The molecular weight excluding hydrogens is 180 g/mol. The highest BCUT2D eigenvalue weighted by Gasteiger charge is 2.25. The van der Waals surface area contributed by atoms with E-state index in [4.69, 9.17) is 9.26 Å². The van der Waals surface area contributed by atoms with Gasteiger partial charge in [0.25, 0.3) is 5.88 Å². The number of nitrogens with one attached hydrogen (secondary N) is 1. The van der Waals surface area contributed by atoms with E-state index >= 15 is 0 Å². The first kappa shape index (κ1) is 9.27. The van der Waals surface area contributed by atoms with Crippen LogP contribution in [0.3, 0.4) is 0 Å². The van der Waals surface area contributed by atoms with Crippen LogP contribution in [0.1, 0.15) is 24.2 Å². The lowest BCUT2D eigenvalue weighted by Crippen LogP contribution is -2.25. The SMILES string of the molecule is C=CCOc1noc2c1CNCC2C. The van der Waals surface area contributed by atoms with Gasteiger partial charge in [0, 0.05) is 19.0 Å². The molecule has 0 spiro atoms. The van der Waals surface area contributed by atoms with Gasteiger partial charge in [0.1, 0.15) is 12.4 Å². The van der Waals surface area contributed by atoms with E-state index in [-0.39, 0.29) is 0 Å². The summed E-state index contributed by atoms with van der Waals surface area (Å²) in [6.07, 6.45) is 1.70. The Labute approximate surface area is 82.9 Å². The van der Waals surface area contributed by atoms with E-state index in [1.54, 1.807) is 6.08 Å². The Bertz CT molecular complexity index is 333. The van der Waals surface area contributed by atoms with Crippen LogP contribution in [0.2, 0.25) is 0 Å². The molecule has 2 heterocycles. The zero-order chi connectivity index (χ0) is 9.97. The number of hydrogen-bond acceptors (Lipinski definition) is 4. The van der Waals surface area contributed by atoms with Gasteiger partial charge in [0.05, 0.1) is 5.56 Å². The molecule has 1 aliphatic heterocycles. The van der Waals surface area contributed by atoms with Gasteiger partial charge in [-0.15, -0.1) is 0 Å². The first-order valence-corrected chi connectivity index (χ1v) is 4.75. The predicted octanol–water partition coefficient (Wildman–Crippen LogP) is 1.45. The highest BCUT2D eigenvalue weighted by molar-refractivity contribution is 5.32. The third kappa shape index (κ3) is 1.53. The molecule has 0 aromatic carbocycles. The second kappa shape index (κ2) is 3.84. The van der Waals surface area contributed by atoms with E-state index in [2.05, 4.69) is 24.0 Å². The summed E-state index contributed by atoms with van der Waals surface area (Å²) in [4.78, 5) is 0. The maximum absolute atomic E-state index is 5.38. The largest absolute Gasteiger partial charge is 0.471 e. The molecule has 1 atom stereocenters. The molecule has 0 radical (unpaired) electrons. The standard InChI is InChI=1S/C10H14N2O2/c1-3-4-13-10-8-6-11-5-7(2)9(8)14-12-10/h3,7,11H,1,4-6H2,2H3. The Morgan fingerprint density at radius 3 is 3.43 bits per heavy atom. The van der Waals surface area contributed by atoms with E-state index < -0.39 is 0 Å². The fraction of sp³-hybridized carbons (Fsp3) is 0.500. The zero-order valence-corrected chi connectivity index (χ0v) is 8.25. The third-order valence-corrected chi connectivity index (χ3v) is 2.32. The van der Waals surface area contributed by atoms with Crippen LogP contribution in [0.4, 0.5) is 0 Å². The topological polar surface area (TPSA) is 47.3 Å². The molecule has 14 heavy (non-hydrogen) atoms. The lowest BCUT2D eigenvalue weighted by Gasteiger charge is -2.17. The maximum Gasteiger partial charge on any atom is 0.259 e. The van der Waals surface area contributed by atoms with E-state index in [0.717, 1.165) is 24.4 Å². The summed E-state index contributed by atoms with van der Waals surface area (Å²) in [5, 5.41) is 7.19. The van der Waals surface area contributed by atoms with Gasteiger partial charge in [-0.3, -0.25) is 0 Å². The lowest BCUT2D eigenvalue weighted by molar-refractivity contribution is 0.298. The van der Waals surface area contributed by atoms with Crippen LogP contribution < -0.4 is 10.1 Å². The molecule has 1 aromatic rings. The lowest BCUT2D eigenvalue weighted by atomic mass is 10.0. The number of fused-ring (bicyclic) bond motifs is 1. The molecule has 0 bridgehead atoms. The number of rotatable bonds is 3. The second-order valence-electron chi connectivity index (χ2n) is 3.46. The van der Waals surface area contributed by atoms with Gasteiger partial charge in [-0.05, 0) is 5.16 Å². The summed E-state index contributed by atoms with van der Waals surface area (Å²) in [5.41, 5.74) is 1.05. The number of aromatic nitrogens is 1. The summed E-state index contributed by atoms with van der Waals surface area (Å²) in [5.74, 6) is 1.91. The molecule has 0 fully saturated rings. The molecule has 4 heteroatoms. The number of hydrogen-bond donors (Lipinski definition) is 1. The van der Waals surface area contributed by atoms with Crippen molar-refractivity contribution in [3.05, 3.63) is 24.0 Å². The highest BCUT2D eigenvalue weighted by atomic mass is 16.5. The van der Waals surface area contributed by atoms with Crippen LogP contribution >= 0.6 is 0 Å². The summed E-state index contributed by atoms with van der Waals surface area (Å²) >= 11 is 0. The maximum atomic E-state index is 5.38. The van der Waals surface area contributed by atoms with Gasteiger partial charge >= 0.3 is 0 Å². The average Bonchev–Trinajstić information content (AvgIpc) is 2.60. The molecule has 4 nitrogen and oxygen atoms in total. The third-order valence-electron chi connectivity index (χ3n) is 2.32. The second-order valence-corrected chi connectivity index (χ2v) is 3.46. The smallest absolute Gasteiger partial charge is 0.259 e. The fourth-order valence-electron chi connectivity index (χ4n) is 1.61. The minimum atomic E-state index is 0.368. The van der Waals surface area contributed by atoms with Gasteiger partial charge in [0.2, 0.25) is 0 Å². The van der Waals surface area contributed by atoms with Crippen LogP contribution in [0, 0.1) is 0 Å². The van der Waals surface area contributed by atoms with E-state index in [9.17, 15) is 0 Å². The van der Waals surface area contributed by atoms with Crippen molar-refractivity contribution in [1.82, 2.24) is 10.5 Å². The van der Waals surface area contributed by atoms with Crippen molar-refractivity contribution in [2.45, 2.75) is 19.4 Å². The quantitative estimate of drug-likeness (QED) is 0.740. The van der Waals surface area contributed by atoms with E-state index in [0.29, 0.717) is 18.4 Å². The van der Waals surface area contributed by atoms with Crippen LogP contribution in [0.25, 0.3) is 0 Å². The minimum absolute atomic E-state index is 0.368. The molecule has 1 aliphatic rings. The van der Waals surface area contributed by atoms with Crippen molar-refractivity contribution in [2.75, 3.05) is 13.2 Å². The normalized spacial score (nSPS) is 20.2. The Morgan fingerprint density at radius 1 is 1.79 bits per heavy atom. The minimum Gasteiger partial charge on any atom is -0.471 e. The van der Waals surface area contributed by atoms with Gasteiger partial charge in [0.15, 0.2) is 0 Å². The van der Waals surface area contributed by atoms with Crippen molar-refractivity contribution in [2.24, 2.45) is 0 Å². The van der Waals surface area contributed by atoms with Crippen LogP contribution in [0.5, 0.6) is 5.88 Å². The van der Waals surface area contributed by atoms with Crippen molar-refractivity contribution in [3.8, 4) is 5.88 Å². The molecule has 0 saturated heterocycles. The summed E-state index contributed by atoms with van der Waals surface area (Å²) in [6.45, 7) is 7.87. The molecule has 0 amide bonds. The van der Waals surface area contributed by atoms with Gasteiger partial charge in [-0.2, -0.15) is 0 Å². The summed E-state index contributed by atoms with van der Waals surface area (Å²) in [6, 6.07) is 0. The summed E-state index contributed by atoms with van der Waals surface area (Å²) < 4.78 is 10.6. The van der Waals surface area contributed by atoms with Crippen LogP contribution in [0.15, 0.2) is 17.2 Å². The van der Waals surface area contributed by atoms with Crippen molar-refractivity contribution >= 4 is 0 Å². The first-order valence-electron chi connectivity index (χ1n) is 4.75.